The van der Waals surface area contributed by atoms with Crippen LogP contribution in [0.2, 0.25) is 0 Å². The van der Waals surface area contributed by atoms with Crippen LogP contribution >= 0.6 is 11.8 Å². The standard InChI is InChI=1S/C21H20N4O4S/c1-14-23-24-21(25(14)11-15-7-3-2-4-8-15)30-13-19(26)22-20(27)18-12-28-16-9-5-6-10-17(16)29-18/h2-10,18H,11-13H2,1H3,(H,22,26,27)/t18-/m0/s1. The van der Waals surface area contributed by atoms with E-state index >= 15 is 0 Å². The number of aromatic nitrogens is 3. The molecule has 0 radical (unpaired) electrons. The molecule has 0 saturated heterocycles. The summed E-state index contributed by atoms with van der Waals surface area (Å²) < 4.78 is 13.1. The van der Waals surface area contributed by atoms with Gasteiger partial charge in [0.05, 0.1) is 12.3 Å². The number of nitrogens with zero attached hydrogens (tertiary/aromatic N) is 3. The fourth-order valence-electron chi connectivity index (χ4n) is 2.95. The molecule has 0 fully saturated rings. The average Bonchev–Trinajstić information content (AvgIpc) is 3.12. The van der Waals surface area contributed by atoms with Gasteiger partial charge in [-0.25, -0.2) is 0 Å². The Bertz CT molecular complexity index is 1050. The zero-order chi connectivity index (χ0) is 20.9. The summed E-state index contributed by atoms with van der Waals surface area (Å²) in [6, 6.07) is 17.0. The maximum absolute atomic E-state index is 12.4. The number of benzene rings is 2. The number of nitrogens with one attached hydrogen (secondary N) is 1. The number of rotatable bonds is 6. The second-order valence-corrected chi connectivity index (χ2v) is 7.61. The van der Waals surface area contributed by atoms with Crippen molar-refractivity contribution in [2.24, 2.45) is 0 Å². The van der Waals surface area contributed by atoms with Crippen LogP contribution in [0.1, 0.15) is 11.4 Å². The quantitative estimate of drug-likeness (QED) is 0.606. The Balaban J connectivity index is 1.32. The molecule has 0 aliphatic carbocycles. The maximum atomic E-state index is 12.4. The molecular weight excluding hydrogens is 404 g/mol. The van der Waals surface area contributed by atoms with Gasteiger partial charge in [-0.1, -0.05) is 54.2 Å². The van der Waals surface area contributed by atoms with Gasteiger partial charge < -0.3 is 14.0 Å². The summed E-state index contributed by atoms with van der Waals surface area (Å²) in [5, 5.41) is 11.2. The summed E-state index contributed by atoms with van der Waals surface area (Å²) >= 11 is 1.23. The zero-order valence-corrected chi connectivity index (χ0v) is 17.1. The highest BCUT2D eigenvalue weighted by Gasteiger charge is 2.28. The number of amides is 2. The summed E-state index contributed by atoms with van der Waals surface area (Å²) in [5.41, 5.74) is 1.11. The first-order chi connectivity index (χ1) is 14.6. The molecule has 154 valence electrons. The van der Waals surface area contributed by atoms with Gasteiger partial charge >= 0.3 is 0 Å². The SMILES string of the molecule is Cc1nnc(SCC(=O)NC(=O)[C@@H]2COc3ccccc3O2)n1Cc1ccccc1. The minimum Gasteiger partial charge on any atom is -0.485 e. The summed E-state index contributed by atoms with van der Waals surface area (Å²) in [7, 11) is 0. The lowest BCUT2D eigenvalue weighted by Crippen LogP contribution is -2.46. The Labute approximate surface area is 177 Å². The van der Waals surface area contributed by atoms with Crippen molar-refractivity contribution < 1.29 is 19.1 Å². The van der Waals surface area contributed by atoms with E-state index in [4.69, 9.17) is 9.47 Å². The lowest BCUT2D eigenvalue weighted by Gasteiger charge is -2.25. The number of imide groups is 1. The monoisotopic (exact) mass is 424 g/mol. The van der Waals surface area contributed by atoms with Crippen LogP contribution < -0.4 is 14.8 Å². The average molecular weight is 424 g/mol. The van der Waals surface area contributed by atoms with Gasteiger partial charge in [0.2, 0.25) is 12.0 Å². The van der Waals surface area contributed by atoms with E-state index in [0.29, 0.717) is 23.2 Å². The zero-order valence-electron chi connectivity index (χ0n) is 16.3. The Hall–Kier alpha value is -3.33. The van der Waals surface area contributed by atoms with Crippen molar-refractivity contribution in [3.05, 3.63) is 66.0 Å². The fourth-order valence-corrected chi connectivity index (χ4v) is 3.73. The van der Waals surface area contributed by atoms with Crippen LogP contribution in [-0.4, -0.2) is 45.0 Å². The molecule has 0 bridgehead atoms. The third-order valence-corrected chi connectivity index (χ3v) is 5.45. The van der Waals surface area contributed by atoms with Gasteiger partial charge in [-0.3, -0.25) is 14.9 Å². The minimum atomic E-state index is -0.877. The van der Waals surface area contributed by atoms with Crippen molar-refractivity contribution in [1.82, 2.24) is 20.1 Å². The molecular formula is C21H20N4O4S. The first-order valence-electron chi connectivity index (χ1n) is 9.39. The number of carbonyl (C=O) groups excluding carboxylic acids is 2. The molecule has 8 nitrogen and oxygen atoms in total. The van der Waals surface area contributed by atoms with E-state index in [1.165, 1.54) is 11.8 Å². The third kappa shape index (κ3) is 4.62. The minimum absolute atomic E-state index is 0.0306. The molecule has 2 aromatic carbocycles. The molecule has 1 aliphatic heterocycles. The number of carbonyl (C=O) groups is 2. The number of hydrogen-bond donors (Lipinski definition) is 1. The third-order valence-electron chi connectivity index (χ3n) is 4.48. The Kier molecular flexibility index (Phi) is 5.99. The Morgan fingerprint density at radius 2 is 1.83 bits per heavy atom. The van der Waals surface area contributed by atoms with Crippen LogP contribution in [0.25, 0.3) is 0 Å². The van der Waals surface area contributed by atoms with E-state index in [9.17, 15) is 9.59 Å². The van der Waals surface area contributed by atoms with Crippen LogP contribution in [0.15, 0.2) is 59.8 Å². The van der Waals surface area contributed by atoms with Crippen LogP contribution in [0.5, 0.6) is 11.5 Å². The van der Waals surface area contributed by atoms with Crippen molar-refractivity contribution in [2.75, 3.05) is 12.4 Å². The van der Waals surface area contributed by atoms with Crippen molar-refractivity contribution in [3.63, 3.8) is 0 Å². The normalized spacial score (nSPS) is 14.9. The van der Waals surface area contributed by atoms with Crippen molar-refractivity contribution in [3.8, 4) is 11.5 Å². The van der Waals surface area contributed by atoms with E-state index in [0.717, 1.165) is 11.4 Å². The molecule has 0 saturated carbocycles. The van der Waals surface area contributed by atoms with Crippen molar-refractivity contribution in [2.45, 2.75) is 24.7 Å². The molecule has 9 heteroatoms. The molecule has 1 N–H and O–H groups in total. The smallest absolute Gasteiger partial charge is 0.271 e. The van der Waals surface area contributed by atoms with E-state index < -0.39 is 17.9 Å². The molecule has 4 rings (SSSR count). The summed E-state index contributed by atoms with van der Waals surface area (Å²) in [6.07, 6.45) is -0.877. The largest absolute Gasteiger partial charge is 0.485 e. The molecule has 30 heavy (non-hydrogen) atoms. The number of ether oxygens (including phenoxy) is 2. The molecule has 0 unspecified atom stereocenters. The summed E-state index contributed by atoms with van der Waals surface area (Å²) in [5.74, 6) is 0.885. The second-order valence-electron chi connectivity index (χ2n) is 6.67. The Morgan fingerprint density at radius 1 is 1.10 bits per heavy atom. The molecule has 1 aromatic heterocycles. The first kappa shape index (κ1) is 20.0. The molecule has 1 atom stereocenters. The molecule has 3 aromatic rings. The molecule has 2 amide bonds. The number of aryl methyl sites for hydroxylation is 1. The van der Waals surface area contributed by atoms with E-state index in [1.807, 2.05) is 47.9 Å². The van der Waals surface area contributed by atoms with Crippen LogP contribution in [0.3, 0.4) is 0 Å². The van der Waals surface area contributed by atoms with Crippen molar-refractivity contribution >= 4 is 23.6 Å². The predicted molar refractivity (Wildman–Crippen MR) is 111 cm³/mol. The molecule has 1 aliphatic rings. The number of hydrogen-bond acceptors (Lipinski definition) is 7. The topological polar surface area (TPSA) is 95.3 Å². The number of fused-ring (bicyclic) bond motifs is 1. The predicted octanol–water partition coefficient (Wildman–Crippen LogP) is 2.21. The van der Waals surface area contributed by atoms with E-state index in [-0.39, 0.29) is 12.4 Å². The van der Waals surface area contributed by atoms with Gasteiger partial charge in [0, 0.05) is 0 Å². The lowest BCUT2D eigenvalue weighted by atomic mass is 10.2. The van der Waals surface area contributed by atoms with Gasteiger partial charge in [-0.05, 0) is 24.6 Å². The van der Waals surface area contributed by atoms with Crippen LogP contribution in [0.4, 0.5) is 0 Å². The molecule has 0 spiro atoms. The van der Waals surface area contributed by atoms with Gasteiger partial charge in [0.25, 0.3) is 5.91 Å². The van der Waals surface area contributed by atoms with Crippen LogP contribution in [0, 0.1) is 6.92 Å². The van der Waals surface area contributed by atoms with Gasteiger partial charge in [-0.15, -0.1) is 10.2 Å². The van der Waals surface area contributed by atoms with Crippen molar-refractivity contribution in [1.29, 1.82) is 0 Å². The maximum Gasteiger partial charge on any atom is 0.271 e. The van der Waals surface area contributed by atoms with E-state index in [1.54, 1.807) is 18.2 Å². The Morgan fingerprint density at radius 3 is 2.63 bits per heavy atom. The van der Waals surface area contributed by atoms with Crippen LogP contribution in [-0.2, 0) is 16.1 Å². The van der Waals surface area contributed by atoms with E-state index in [2.05, 4.69) is 15.5 Å². The fraction of sp³-hybridized carbons (Fsp3) is 0.238. The van der Waals surface area contributed by atoms with Gasteiger partial charge in [0.15, 0.2) is 16.7 Å². The highest BCUT2D eigenvalue weighted by molar-refractivity contribution is 7.99. The number of thioether (sulfide) groups is 1. The second kappa shape index (κ2) is 9.00. The lowest BCUT2D eigenvalue weighted by molar-refractivity contribution is -0.135. The summed E-state index contributed by atoms with van der Waals surface area (Å²) in [4.78, 5) is 24.6. The molecule has 2 heterocycles. The first-order valence-corrected chi connectivity index (χ1v) is 10.4. The van der Waals surface area contributed by atoms with Gasteiger partial charge in [-0.2, -0.15) is 0 Å². The summed E-state index contributed by atoms with van der Waals surface area (Å²) in [6.45, 7) is 2.52. The van der Waals surface area contributed by atoms with Gasteiger partial charge in [0.1, 0.15) is 12.4 Å². The highest BCUT2D eigenvalue weighted by atomic mass is 32.2. The number of para-hydroxylation sites is 2. The highest BCUT2D eigenvalue weighted by Crippen LogP contribution is 2.30.